The van der Waals surface area contributed by atoms with Crippen LogP contribution in [0.5, 0.6) is 0 Å². The van der Waals surface area contributed by atoms with Gasteiger partial charge in [-0.2, -0.15) is 0 Å². The number of nitrogens with one attached hydrogen (secondary N) is 1. The van der Waals surface area contributed by atoms with Crippen molar-refractivity contribution >= 4 is 21.8 Å². The van der Waals surface area contributed by atoms with Gasteiger partial charge in [0.05, 0.1) is 0 Å². The zero-order chi connectivity index (χ0) is 8.43. The molecular weight excluding hydrogens is 206 g/mol. The van der Waals surface area contributed by atoms with Crippen molar-refractivity contribution in [1.82, 2.24) is 4.98 Å². The highest BCUT2D eigenvalue weighted by molar-refractivity contribution is 9.10. The average Bonchev–Trinajstić information content (AvgIpc) is 1.94. The predicted octanol–water partition coefficient (Wildman–Crippen LogP) is 1.44. The Kier molecular flexibility index (Phi) is 2.24. The summed E-state index contributed by atoms with van der Waals surface area (Å²) < 4.78 is 0.760. The molecule has 0 amide bonds. The molecule has 0 atom stereocenters. The first-order valence-electron chi connectivity index (χ1n) is 3.09. The van der Waals surface area contributed by atoms with Gasteiger partial charge in [0.1, 0.15) is 11.5 Å². The molecule has 0 radical (unpaired) electrons. The Labute approximate surface area is 73.3 Å². The van der Waals surface area contributed by atoms with Crippen LogP contribution in [0.3, 0.4) is 0 Å². The number of aryl methyl sites for hydroxylation is 1. The van der Waals surface area contributed by atoms with Crippen molar-refractivity contribution in [2.24, 2.45) is 5.73 Å². The van der Waals surface area contributed by atoms with Crippen molar-refractivity contribution in [1.29, 1.82) is 5.41 Å². The third-order valence-electron chi connectivity index (χ3n) is 1.24. The third kappa shape index (κ3) is 1.77. The molecule has 0 aromatic carbocycles. The summed E-state index contributed by atoms with van der Waals surface area (Å²) in [5.41, 5.74) is 6.64. The number of nitrogen functional groups attached to an aromatic ring is 1. The van der Waals surface area contributed by atoms with Crippen LogP contribution in [0.4, 0.5) is 0 Å². The summed E-state index contributed by atoms with van der Waals surface area (Å²) in [4.78, 5) is 4.08. The second kappa shape index (κ2) is 3.00. The third-order valence-corrected chi connectivity index (χ3v) is 1.88. The van der Waals surface area contributed by atoms with Crippen LogP contribution in [-0.4, -0.2) is 10.8 Å². The van der Waals surface area contributed by atoms with Crippen LogP contribution in [0.15, 0.2) is 16.6 Å². The molecule has 1 aromatic heterocycles. The molecule has 0 unspecified atom stereocenters. The molecule has 0 fully saturated rings. The van der Waals surface area contributed by atoms with Crippen molar-refractivity contribution in [2.75, 3.05) is 0 Å². The Hall–Kier alpha value is -0.900. The topological polar surface area (TPSA) is 62.8 Å². The number of pyridine rings is 1. The quantitative estimate of drug-likeness (QED) is 0.548. The van der Waals surface area contributed by atoms with E-state index >= 15 is 0 Å². The Morgan fingerprint density at radius 2 is 2.27 bits per heavy atom. The van der Waals surface area contributed by atoms with Gasteiger partial charge >= 0.3 is 0 Å². The Morgan fingerprint density at radius 3 is 2.73 bits per heavy atom. The fourth-order valence-electron chi connectivity index (χ4n) is 0.729. The maximum atomic E-state index is 7.16. The van der Waals surface area contributed by atoms with Gasteiger partial charge in [0.2, 0.25) is 0 Å². The van der Waals surface area contributed by atoms with Gasteiger partial charge in [-0.05, 0) is 35.0 Å². The maximum Gasteiger partial charge on any atom is 0.142 e. The van der Waals surface area contributed by atoms with Gasteiger partial charge in [-0.25, -0.2) is 4.98 Å². The minimum absolute atomic E-state index is 0.0134. The highest BCUT2D eigenvalue weighted by atomic mass is 79.9. The van der Waals surface area contributed by atoms with Crippen LogP contribution < -0.4 is 5.73 Å². The molecule has 0 saturated carbocycles. The molecule has 1 rings (SSSR count). The summed E-state index contributed by atoms with van der Waals surface area (Å²) in [7, 11) is 0. The molecule has 4 heteroatoms. The highest BCUT2D eigenvalue weighted by Crippen LogP contribution is 2.13. The van der Waals surface area contributed by atoms with Gasteiger partial charge in [0.15, 0.2) is 0 Å². The molecule has 1 aromatic rings. The van der Waals surface area contributed by atoms with Crippen LogP contribution in [0.2, 0.25) is 0 Å². The average molecular weight is 214 g/mol. The standard InChI is InChI=1S/C7H8BrN3/c1-4-2-3-5(8)6(11-4)7(9)10/h2-3H,1H3,(H3,9,10). The molecule has 0 saturated heterocycles. The lowest BCUT2D eigenvalue weighted by molar-refractivity contribution is 1.15. The normalized spacial score (nSPS) is 9.64. The van der Waals surface area contributed by atoms with E-state index in [9.17, 15) is 0 Å². The number of halogens is 1. The van der Waals surface area contributed by atoms with Crippen LogP contribution >= 0.6 is 15.9 Å². The first-order chi connectivity index (χ1) is 5.11. The van der Waals surface area contributed by atoms with Crippen LogP contribution in [0, 0.1) is 12.3 Å². The number of aromatic nitrogens is 1. The summed E-state index contributed by atoms with van der Waals surface area (Å²) in [6.07, 6.45) is 0. The number of amidine groups is 1. The second-order valence-electron chi connectivity index (χ2n) is 2.20. The van der Waals surface area contributed by atoms with E-state index in [1.165, 1.54) is 0 Å². The molecule has 0 spiro atoms. The van der Waals surface area contributed by atoms with E-state index < -0.39 is 0 Å². The van der Waals surface area contributed by atoms with Crippen molar-refractivity contribution in [2.45, 2.75) is 6.92 Å². The number of nitrogens with two attached hydrogens (primary N) is 1. The molecule has 11 heavy (non-hydrogen) atoms. The first-order valence-corrected chi connectivity index (χ1v) is 3.88. The van der Waals surface area contributed by atoms with Crippen molar-refractivity contribution in [3.05, 3.63) is 28.0 Å². The van der Waals surface area contributed by atoms with Gasteiger partial charge in [0, 0.05) is 10.2 Å². The molecular formula is C7H8BrN3. The molecule has 1 heterocycles. The van der Waals surface area contributed by atoms with Crippen LogP contribution in [0.25, 0.3) is 0 Å². The van der Waals surface area contributed by atoms with Crippen molar-refractivity contribution < 1.29 is 0 Å². The first kappa shape index (κ1) is 8.20. The van der Waals surface area contributed by atoms with E-state index in [0.29, 0.717) is 5.69 Å². The zero-order valence-corrected chi connectivity index (χ0v) is 7.64. The maximum absolute atomic E-state index is 7.16. The minimum Gasteiger partial charge on any atom is -0.382 e. The number of hydrogen-bond acceptors (Lipinski definition) is 2. The zero-order valence-electron chi connectivity index (χ0n) is 6.06. The summed E-state index contributed by atoms with van der Waals surface area (Å²) in [5.74, 6) is -0.0134. The molecule has 0 aliphatic heterocycles. The summed E-state index contributed by atoms with van der Waals surface area (Å²) in [6.45, 7) is 1.86. The molecule has 0 aliphatic rings. The number of nitrogens with zero attached hydrogens (tertiary/aromatic N) is 1. The highest BCUT2D eigenvalue weighted by Gasteiger charge is 2.03. The summed E-state index contributed by atoms with van der Waals surface area (Å²) >= 11 is 3.25. The predicted molar refractivity (Wildman–Crippen MR) is 47.7 cm³/mol. The molecule has 0 aliphatic carbocycles. The van der Waals surface area contributed by atoms with Gasteiger partial charge in [-0.1, -0.05) is 0 Å². The molecule has 58 valence electrons. The lowest BCUT2D eigenvalue weighted by atomic mass is 10.3. The van der Waals surface area contributed by atoms with Crippen LogP contribution in [0.1, 0.15) is 11.4 Å². The summed E-state index contributed by atoms with van der Waals surface area (Å²) in [5, 5.41) is 7.16. The largest absolute Gasteiger partial charge is 0.382 e. The fourth-order valence-corrected chi connectivity index (χ4v) is 1.16. The summed E-state index contributed by atoms with van der Waals surface area (Å²) in [6, 6.07) is 3.69. The van der Waals surface area contributed by atoms with Gasteiger partial charge in [-0.3, -0.25) is 5.41 Å². The lowest BCUT2D eigenvalue weighted by Crippen LogP contribution is -2.14. The van der Waals surface area contributed by atoms with Gasteiger partial charge < -0.3 is 5.73 Å². The van der Waals surface area contributed by atoms with Crippen molar-refractivity contribution in [3.8, 4) is 0 Å². The van der Waals surface area contributed by atoms with E-state index in [1.54, 1.807) is 0 Å². The minimum atomic E-state index is -0.0134. The molecule has 3 nitrogen and oxygen atoms in total. The van der Waals surface area contributed by atoms with Gasteiger partial charge in [-0.15, -0.1) is 0 Å². The van der Waals surface area contributed by atoms with E-state index in [0.717, 1.165) is 10.2 Å². The number of rotatable bonds is 1. The monoisotopic (exact) mass is 213 g/mol. The van der Waals surface area contributed by atoms with E-state index in [-0.39, 0.29) is 5.84 Å². The van der Waals surface area contributed by atoms with E-state index in [2.05, 4.69) is 20.9 Å². The lowest BCUT2D eigenvalue weighted by Gasteiger charge is -2.00. The van der Waals surface area contributed by atoms with Gasteiger partial charge in [0.25, 0.3) is 0 Å². The number of hydrogen-bond donors (Lipinski definition) is 2. The smallest absolute Gasteiger partial charge is 0.142 e. The molecule has 0 bridgehead atoms. The van der Waals surface area contributed by atoms with E-state index in [1.807, 2.05) is 19.1 Å². The Bertz CT molecular complexity index is 296. The van der Waals surface area contributed by atoms with E-state index in [4.69, 9.17) is 11.1 Å². The van der Waals surface area contributed by atoms with Crippen LogP contribution in [-0.2, 0) is 0 Å². The Morgan fingerprint density at radius 1 is 1.64 bits per heavy atom. The Balaban J connectivity index is 3.23. The second-order valence-corrected chi connectivity index (χ2v) is 3.05. The fraction of sp³-hybridized carbons (Fsp3) is 0.143. The van der Waals surface area contributed by atoms with Crippen molar-refractivity contribution in [3.63, 3.8) is 0 Å². The SMILES string of the molecule is Cc1ccc(Br)c(C(=N)N)n1. The molecule has 3 N–H and O–H groups in total.